The van der Waals surface area contributed by atoms with Gasteiger partial charge in [-0.25, -0.2) is 4.39 Å². The Kier molecular flexibility index (Phi) is 7.11. The van der Waals surface area contributed by atoms with Crippen molar-refractivity contribution in [3.05, 3.63) is 35.6 Å². The molecule has 4 heteroatoms. The topological polar surface area (TPSA) is 49.3 Å². The van der Waals surface area contributed by atoms with E-state index in [0.29, 0.717) is 19.4 Å². The summed E-state index contributed by atoms with van der Waals surface area (Å²) in [6.07, 6.45) is 2.83. The minimum Gasteiger partial charge on any atom is -0.396 e. The Morgan fingerprint density at radius 1 is 1.37 bits per heavy atom. The van der Waals surface area contributed by atoms with Crippen LogP contribution in [0.2, 0.25) is 0 Å². The third-order valence-electron chi connectivity index (χ3n) is 3.06. The van der Waals surface area contributed by atoms with Crippen molar-refractivity contribution in [1.82, 2.24) is 5.32 Å². The number of carbonyl (C=O) groups excluding carboxylic acids is 1. The maximum atomic E-state index is 12.7. The molecule has 0 bridgehead atoms. The van der Waals surface area contributed by atoms with Gasteiger partial charge in [0, 0.05) is 19.6 Å². The van der Waals surface area contributed by atoms with Crippen molar-refractivity contribution in [1.29, 1.82) is 0 Å². The number of nitrogens with one attached hydrogen (secondary N) is 1. The molecule has 0 aliphatic rings. The van der Waals surface area contributed by atoms with Crippen molar-refractivity contribution < 1.29 is 14.3 Å². The van der Waals surface area contributed by atoms with Crippen LogP contribution in [0.15, 0.2) is 24.3 Å². The SMILES string of the molecule is CC(CO)CCCNC(=O)CCc1ccc(F)cc1. The molecule has 1 atom stereocenters. The van der Waals surface area contributed by atoms with Crippen molar-refractivity contribution in [2.75, 3.05) is 13.2 Å². The molecular formula is C15H22FNO2. The first-order valence-electron chi connectivity index (χ1n) is 6.74. The molecule has 106 valence electrons. The van der Waals surface area contributed by atoms with Crippen molar-refractivity contribution >= 4 is 5.91 Å². The van der Waals surface area contributed by atoms with Gasteiger partial charge in [-0.2, -0.15) is 0 Å². The van der Waals surface area contributed by atoms with Crippen molar-refractivity contribution in [2.45, 2.75) is 32.6 Å². The molecule has 0 spiro atoms. The zero-order chi connectivity index (χ0) is 14.1. The van der Waals surface area contributed by atoms with E-state index in [-0.39, 0.29) is 24.2 Å². The van der Waals surface area contributed by atoms with Crippen LogP contribution < -0.4 is 5.32 Å². The summed E-state index contributed by atoms with van der Waals surface area (Å²) < 4.78 is 12.7. The third-order valence-corrected chi connectivity index (χ3v) is 3.06. The summed E-state index contributed by atoms with van der Waals surface area (Å²) >= 11 is 0. The average Bonchev–Trinajstić information content (AvgIpc) is 2.42. The van der Waals surface area contributed by atoms with Gasteiger partial charge < -0.3 is 10.4 Å². The maximum absolute atomic E-state index is 12.7. The summed E-state index contributed by atoms with van der Waals surface area (Å²) in [6, 6.07) is 6.21. The van der Waals surface area contributed by atoms with Gasteiger partial charge in [-0.1, -0.05) is 19.1 Å². The first kappa shape index (κ1) is 15.6. The number of halogens is 1. The largest absolute Gasteiger partial charge is 0.396 e. The Bertz CT molecular complexity index is 378. The highest BCUT2D eigenvalue weighted by Gasteiger charge is 2.03. The first-order valence-corrected chi connectivity index (χ1v) is 6.74. The van der Waals surface area contributed by atoms with Crippen LogP contribution in [0.4, 0.5) is 4.39 Å². The lowest BCUT2D eigenvalue weighted by Gasteiger charge is -2.08. The molecule has 0 fully saturated rings. The number of hydrogen-bond donors (Lipinski definition) is 2. The molecule has 1 unspecified atom stereocenters. The number of rotatable bonds is 8. The molecule has 0 aliphatic carbocycles. The molecule has 0 radical (unpaired) electrons. The Hall–Kier alpha value is -1.42. The molecule has 1 amide bonds. The molecule has 1 rings (SSSR count). The van der Waals surface area contributed by atoms with Crippen LogP contribution >= 0.6 is 0 Å². The normalized spacial score (nSPS) is 12.2. The Morgan fingerprint density at radius 3 is 2.68 bits per heavy atom. The number of benzene rings is 1. The molecular weight excluding hydrogens is 245 g/mol. The van der Waals surface area contributed by atoms with Gasteiger partial charge in [0.15, 0.2) is 0 Å². The van der Waals surface area contributed by atoms with Crippen LogP contribution in [0.25, 0.3) is 0 Å². The van der Waals surface area contributed by atoms with Crippen LogP contribution in [-0.4, -0.2) is 24.2 Å². The zero-order valence-corrected chi connectivity index (χ0v) is 11.4. The lowest BCUT2D eigenvalue weighted by molar-refractivity contribution is -0.121. The molecule has 2 N–H and O–H groups in total. The van der Waals surface area contributed by atoms with Gasteiger partial charge in [-0.3, -0.25) is 4.79 Å². The summed E-state index contributed by atoms with van der Waals surface area (Å²) in [5, 5.41) is 11.7. The molecule has 0 saturated carbocycles. The highest BCUT2D eigenvalue weighted by atomic mass is 19.1. The average molecular weight is 267 g/mol. The van der Waals surface area contributed by atoms with Crippen molar-refractivity contribution in [2.24, 2.45) is 5.92 Å². The number of aryl methyl sites for hydroxylation is 1. The minimum atomic E-state index is -0.258. The van der Waals surface area contributed by atoms with E-state index >= 15 is 0 Å². The Labute approximate surface area is 113 Å². The molecule has 19 heavy (non-hydrogen) atoms. The fourth-order valence-corrected chi connectivity index (χ4v) is 1.77. The van der Waals surface area contributed by atoms with Crippen LogP contribution in [0.1, 0.15) is 31.7 Å². The summed E-state index contributed by atoms with van der Waals surface area (Å²) in [7, 11) is 0. The van der Waals surface area contributed by atoms with Gasteiger partial charge in [0.1, 0.15) is 5.82 Å². The molecule has 3 nitrogen and oxygen atoms in total. The van der Waals surface area contributed by atoms with E-state index in [1.54, 1.807) is 12.1 Å². The fraction of sp³-hybridized carbons (Fsp3) is 0.533. The summed E-state index contributed by atoms with van der Waals surface area (Å²) in [5.41, 5.74) is 0.963. The van der Waals surface area contributed by atoms with Crippen LogP contribution in [-0.2, 0) is 11.2 Å². The standard InChI is InChI=1S/C15H22FNO2/c1-12(11-18)3-2-10-17-15(19)9-6-13-4-7-14(16)8-5-13/h4-5,7-8,12,18H,2-3,6,9-11H2,1H3,(H,17,19). The second kappa shape index (κ2) is 8.64. The quantitative estimate of drug-likeness (QED) is 0.710. The predicted octanol–water partition coefficient (Wildman–Crippen LogP) is 2.28. The van der Waals surface area contributed by atoms with Crippen LogP contribution in [0.3, 0.4) is 0 Å². The van der Waals surface area contributed by atoms with Gasteiger partial charge in [0.05, 0.1) is 0 Å². The lowest BCUT2D eigenvalue weighted by atomic mass is 10.1. The number of aliphatic hydroxyl groups is 1. The number of hydrogen-bond acceptors (Lipinski definition) is 2. The van der Waals surface area contributed by atoms with E-state index in [1.807, 2.05) is 6.92 Å². The van der Waals surface area contributed by atoms with Crippen LogP contribution in [0, 0.1) is 11.7 Å². The van der Waals surface area contributed by atoms with Crippen LogP contribution in [0.5, 0.6) is 0 Å². The van der Waals surface area contributed by atoms with Crippen molar-refractivity contribution in [3.63, 3.8) is 0 Å². The van der Waals surface area contributed by atoms with E-state index in [1.165, 1.54) is 12.1 Å². The highest BCUT2D eigenvalue weighted by Crippen LogP contribution is 2.06. The van der Waals surface area contributed by atoms with Gasteiger partial charge in [-0.05, 0) is 42.9 Å². The predicted molar refractivity (Wildman–Crippen MR) is 73.2 cm³/mol. The number of amides is 1. The number of carbonyl (C=O) groups is 1. The lowest BCUT2D eigenvalue weighted by Crippen LogP contribution is -2.25. The summed E-state index contributed by atoms with van der Waals surface area (Å²) in [6.45, 7) is 2.82. The van der Waals surface area contributed by atoms with Gasteiger partial charge in [0.2, 0.25) is 5.91 Å². The minimum absolute atomic E-state index is 0.0148. The van der Waals surface area contributed by atoms with E-state index in [2.05, 4.69) is 5.32 Å². The second-order valence-corrected chi connectivity index (χ2v) is 4.91. The maximum Gasteiger partial charge on any atom is 0.220 e. The van der Waals surface area contributed by atoms with Gasteiger partial charge >= 0.3 is 0 Å². The van der Waals surface area contributed by atoms with E-state index in [4.69, 9.17) is 5.11 Å². The van der Waals surface area contributed by atoms with E-state index < -0.39 is 0 Å². The number of aliphatic hydroxyl groups excluding tert-OH is 1. The first-order chi connectivity index (χ1) is 9.11. The Balaban J connectivity index is 2.12. The molecule has 0 aromatic heterocycles. The molecule has 1 aromatic rings. The summed E-state index contributed by atoms with van der Waals surface area (Å²) in [5.74, 6) is 0.0447. The molecule has 1 aromatic carbocycles. The second-order valence-electron chi connectivity index (χ2n) is 4.91. The Morgan fingerprint density at radius 2 is 2.05 bits per heavy atom. The van der Waals surface area contributed by atoms with Gasteiger partial charge in [0.25, 0.3) is 0 Å². The fourth-order valence-electron chi connectivity index (χ4n) is 1.77. The summed E-state index contributed by atoms with van der Waals surface area (Å²) in [4.78, 5) is 11.6. The van der Waals surface area contributed by atoms with E-state index in [9.17, 15) is 9.18 Å². The third kappa shape index (κ3) is 6.91. The molecule has 0 aliphatic heterocycles. The molecule has 0 saturated heterocycles. The van der Waals surface area contributed by atoms with E-state index in [0.717, 1.165) is 18.4 Å². The highest BCUT2D eigenvalue weighted by molar-refractivity contribution is 5.76. The molecule has 0 heterocycles. The zero-order valence-electron chi connectivity index (χ0n) is 11.4. The van der Waals surface area contributed by atoms with Gasteiger partial charge in [-0.15, -0.1) is 0 Å². The van der Waals surface area contributed by atoms with Crippen molar-refractivity contribution in [3.8, 4) is 0 Å². The smallest absolute Gasteiger partial charge is 0.220 e. The monoisotopic (exact) mass is 267 g/mol.